The van der Waals surface area contributed by atoms with Crippen LogP contribution >= 0.6 is 11.3 Å². The number of hydrogen-bond acceptors (Lipinski definition) is 7. The van der Waals surface area contributed by atoms with Crippen LogP contribution in [0.25, 0.3) is 22.5 Å². The highest BCUT2D eigenvalue weighted by molar-refractivity contribution is 7.12. The number of benzene rings is 1. The number of fused-ring (bicyclic) bond motifs is 2. The zero-order valence-corrected chi connectivity index (χ0v) is 20.8. The van der Waals surface area contributed by atoms with Crippen LogP contribution in [0.15, 0.2) is 46.3 Å². The summed E-state index contributed by atoms with van der Waals surface area (Å²) in [6.07, 6.45) is -2.33. The summed E-state index contributed by atoms with van der Waals surface area (Å²) in [5, 5.41) is 12.6. The van der Waals surface area contributed by atoms with E-state index < -0.39 is 12.7 Å². The van der Waals surface area contributed by atoms with Gasteiger partial charge in [-0.1, -0.05) is 17.3 Å². The molecule has 8 nitrogen and oxygen atoms in total. The first-order chi connectivity index (χ1) is 17.8. The average Bonchev–Trinajstić information content (AvgIpc) is 3.19. The minimum Gasteiger partial charge on any atom is -0.381 e. The molecule has 0 unspecified atom stereocenters. The Morgan fingerprint density at radius 1 is 1.27 bits per heavy atom. The number of likely N-dealkylation sites (tertiary alicyclic amines) is 1. The lowest BCUT2D eigenvalue weighted by atomic mass is 10.0. The SMILES string of the molecule is CN1CC[C@@H](Nc2cccc3c2cc(-c2nc(CNC(=O)c4cccs4)no2)n3CC(F)(F)F)[C@H]2C[C@@H]21. The number of piperidine rings is 1. The molecule has 2 aliphatic rings. The highest BCUT2D eigenvalue weighted by atomic mass is 32.1. The molecule has 1 aliphatic heterocycles. The van der Waals surface area contributed by atoms with Crippen molar-refractivity contribution in [1.82, 2.24) is 24.9 Å². The second-order valence-electron chi connectivity index (χ2n) is 9.63. The standard InChI is InChI=1S/C25H25F3N6O2S/c1-33-8-7-17(15-10-19(15)33)30-16-4-2-5-18-14(16)11-20(34(18)13-25(26,27)28)24-31-22(32-36-24)12-29-23(35)21-6-3-9-37-21/h2-6,9,11,15,17,19,30H,7-8,10,12-13H2,1H3,(H,29,35)/t15-,17-,19+/m1/s1. The van der Waals surface area contributed by atoms with Gasteiger partial charge in [-0.05, 0) is 55.5 Å². The fraction of sp³-hybridized carbons (Fsp3) is 0.400. The monoisotopic (exact) mass is 530 g/mol. The predicted octanol–water partition coefficient (Wildman–Crippen LogP) is 4.75. The maximum atomic E-state index is 13.6. The van der Waals surface area contributed by atoms with Gasteiger partial charge in [0.2, 0.25) is 0 Å². The number of hydrogen-bond donors (Lipinski definition) is 2. The van der Waals surface area contributed by atoms with E-state index in [1.807, 2.05) is 6.07 Å². The molecule has 2 fully saturated rings. The van der Waals surface area contributed by atoms with Crippen LogP contribution in [-0.2, 0) is 13.1 Å². The Bertz CT molecular complexity index is 1430. The van der Waals surface area contributed by atoms with E-state index in [4.69, 9.17) is 4.52 Å². The Balaban J connectivity index is 1.29. The lowest BCUT2D eigenvalue weighted by molar-refractivity contribution is -0.139. The maximum absolute atomic E-state index is 13.6. The Labute approximate surface area is 214 Å². The van der Waals surface area contributed by atoms with Gasteiger partial charge in [-0.25, -0.2) is 0 Å². The van der Waals surface area contributed by atoms with Crippen LogP contribution in [0, 0.1) is 5.92 Å². The molecule has 4 heterocycles. The van der Waals surface area contributed by atoms with E-state index >= 15 is 0 Å². The van der Waals surface area contributed by atoms with Crippen LogP contribution in [0.1, 0.15) is 28.3 Å². The van der Waals surface area contributed by atoms with Gasteiger partial charge in [-0.15, -0.1) is 11.3 Å². The van der Waals surface area contributed by atoms with Gasteiger partial charge in [-0.2, -0.15) is 18.2 Å². The van der Waals surface area contributed by atoms with Crippen molar-refractivity contribution in [2.45, 2.75) is 44.2 Å². The van der Waals surface area contributed by atoms with Crippen molar-refractivity contribution >= 4 is 33.8 Å². The van der Waals surface area contributed by atoms with Crippen molar-refractivity contribution in [1.29, 1.82) is 0 Å². The summed E-state index contributed by atoms with van der Waals surface area (Å²) in [5.74, 6) is 0.408. The molecule has 3 atom stereocenters. The van der Waals surface area contributed by atoms with E-state index in [-0.39, 0.29) is 35.9 Å². The Hall–Kier alpha value is -3.38. The summed E-state index contributed by atoms with van der Waals surface area (Å²) in [5.41, 5.74) is 1.41. The van der Waals surface area contributed by atoms with Crippen LogP contribution in [-0.4, -0.2) is 57.4 Å². The summed E-state index contributed by atoms with van der Waals surface area (Å²) in [6, 6.07) is 11.3. The van der Waals surface area contributed by atoms with Crippen molar-refractivity contribution in [3.63, 3.8) is 0 Å². The summed E-state index contributed by atoms with van der Waals surface area (Å²) in [4.78, 5) is 19.4. The molecule has 6 rings (SSSR count). The zero-order valence-electron chi connectivity index (χ0n) is 20.0. The molecular weight excluding hydrogens is 505 g/mol. The molecule has 194 valence electrons. The first kappa shape index (κ1) is 24.0. The maximum Gasteiger partial charge on any atom is 0.406 e. The molecule has 1 aromatic carbocycles. The first-order valence-corrected chi connectivity index (χ1v) is 13.0. The molecule has 0 bridgehead atoms. The Kier molecular flexibility index (Phi) is 5.95. The number of alkyl halides is 3. The van der Waals surface area contributed by atoms with Gasteiger partial charge in [0.1, 0.15) is 12.2 Å². The lowest BCUT2D eigenvalue weighted by Crippen LogP contribution is -2.38. The fourth-order valence-corrected chi connectivity index (χ4v) is 5.90. The Morgan fingerprint density at radius 2 is 2.14 bits per heavy atom. The molecule has 12 heteroatoms. The minimum atomic E-state index is -4.45. The second kappa shape index (κ2) is 9.18. The predicted molar refractivity (Wildman–Crippen MR) is 133 cm³/mol. The highest BCUT2D eigenvalue weighted by Crippen LogP contribution is 2.44. The molecule has 4 aromatic rings. The Morgan fingerprint density at radius 3 is 2.92 bits per heavy atom. The smallest absolute Gasteiger partial charge is 0.381 e. The summed E-state index contributed by atoms with van der Waals surface area (Å²) >= 11 is 1.30. The third-order valence-corrected chi connectivity index (χ3v) is 8.01. The summed E-state index contributed by atoms with van der Waals surface area (Å²) in [7, 11) is 2.14. The van der Waals surface area contributed by atoms with Gasteiger partial charge in [0, 0.05) is 29.7 Å². The van der Waals surface area contributed by atoms with Gasteiger partial charge in [-0.3, -0.25) is 4.79 Å². The minimum absolute atomic E-state index is 0.00871. The fourth-order valence-electron chi connectivity index (χ4n) is 5.26. The number of aromatic nitrogens is 3. The number of amides is 1. The lowest BCUT2D eigenvalue weighted by Gasteiger charge is -2.29. The van der Waals surface area contributed by atoms with Crippen LogP contribution < -0.4 is 10.6 Å². The number of anilines is 1. The van der Waals surface area contributed by atoms with Gasteiger partial charge in [0.05, 0.1) is 16.9 Å². The van der Waals surface area contributed by atoms with Crippen molar-refractivity contribution < 1.29 is 22.5 Å². The number of nitrogens with zero attached hydrogens (tertiary/aromatic N) is 4. The van der Waals surface area contributed by atoms with Crippen LogP contribution in [0.5, 0.6) is 0 Å². The number of nitrogens with one attached hydrogen (secondary N) is 2. The van der Waals surface area contributed by atoms with E-state index in [0.717, 1.165) is 29.6 Å². The quantitative estimate of drug-likeness (QED) is 0.359. The van der Waals surface area contributed by atoms with Crippen molar-refractivity contribution in [3.05, 3.63) is 52.5 Å². The van der Waals surface area contributed by atoms with E-state index in [1.54, 1.807) is 35.7 Å². The van der Waals surface area contributed by atoms with E-state index in [9.17, 15) is 18.0 Å². The largest absolute Gasteiger partial charge is 0.406 e. The van der Waals surface area contributed by atoms with Gasteiger partial charge >= 0.3 is 6.18 Å². The third kappa shape index (κ3) is 4.82. The van der Waals surface area contributed by atoms with E-state index in [1.165, 1.54) is 11.3 Å². The van der Waals surface area contributed by atoms with E-state index in [0.29, 0.717) is 27.7 Å². The number of carbonyl (C=O) groups is 1. The normalized spacial score (nSPS) is 21.7. The number of carbonyl (C=O) groups excluding carboxylic acids is 1. The van der Waals surface area contributed by atoms with Crippen molar-refractivity contribution in [2.75, 3.05) is 18.9 Å². The van der Waals surface area contributed by atoms with Gasteiger partial charge in [0.25, 0.3) is 11.8 Å². The van der Waals surface area contributed by atoms with Crippen LogP contribution in [0.4, 0.5) is 18.9 Å². The molecule has 1 amide bonds. The van der Waals surface area contributed by atoms with Crippen molar-refractivity contribution in [3.8, 4) is 11.6 Å². The number of halogens is 3. The molecule has 2 N–H and O–H groups in total. The molecule has 3 aromatic heterocycles. The van der Waals surface area contributed by atoms with Gasteiger partial charge in [0.15, 0.2) is 5.82 Å². The number of thiophene rings is 1. The topological polar surface area (TPSA) is 88.2 Å². The molecule has 1 saturated carbocycles. The van der Waals surface area contributed by atoms with Crippen LogP contribution in [0.2, 0.25) is 0 Å². The molecule has 37 heavy (non-hydrogen) atoms. The number of rotatable bonds is 7. The highest BCUT2D eigenvalue weighted by Gasteiger charge is 2.48. The molecule has 0 spiro atoms. The summed E-state index contributed by atoms with van der Waals surface area (Å²) in [6.45, 7) is -0.213. The molecular formula is C25H25F3N6O2S. The van der Waals surface area contributed by atoms with Crippen molar-refractivity contribution in [2.24, 2.45) is 5.92 Å². The van der Waals surface area contributed by atoms with Gasteiger partial charge < -0.3 is 24.6 Å². The second-order valence-corrected chi connectivity index (χ2v) is 10.6. The molecule has 0 radical (unpaired) electrons. The zero-order chi connectivity index (χ0) is 25.7. The van der Waals surface area contributed by atoms with E-state index in [2.05, 4.69) is 32.7 Å². The van der Waals surface area contributed by atoms with Crippen LogP contribution in [0.3, 0.4) is 0 Å². The average molecular weight is 531 g/mol. The molecule has 1 saturated heterocycles. The third-order valence-electron chi connectivity index (χ3n) is 7.14. The summed E-state index contributed by atoms with van der Waals surface area (Å²) < 4.78 is 47.3. The molecule has 1 aliphatic carbocycles. The first-order valence-electron chi connectivity index (χ1n) is 12.1.